The lowest BCUT2D eigenvalue weighted by Gasteiger charge is -1.87. The highest BCUT2D eigenvalue weighted by Crippen LogP contribution is 2.16. The first-order valence-corrected chi connectivity index (χ1v) is 2.55. The van der Waals surface area contributed by atoms with Crippen molar-refractivity contribution in [2.45, 2.75) is 6.92 Å². The smallest absolute Gasteiger partial charge is 0.0384 e. The van der Waals surface area contributed by atoms with Crippen LogP contribution in [-0.2, 0) is 0 Å². The fraction of sp³-hybridized carbons (Fsp3) is 0.143. The number of nitrogens with two attached hydrogens (primary N) is 1. The molecule has 1 aliphatic rings. The van der Waals surface area contributed by atoms with Gasteiger partial charge in [0.05, 0.1) is 0 Å². The predicted octanol–water partition coefficient (Wildman–Crippen LogP) is 1.35. The van der Waals surface area contributed by atoms with Crippen molar-refractivity contribution in [3.05, 3.63) is 35.6 Å². The number of rotatable bonds is 0. The van der Waals surface area contributed by atoms with Gasteiger partial charge in [-0.3, -0.25) is 0 Å². The van der Waals surface area contributed by atoms with Gasteiger partial charge in [0.1, 0.15) is 0 Å². The van der Waals surface area contributed by atoms with Crippen LogP contribution < -0.4 is 5.73 Å². The standard InChI is InChI=1S/C7H9N/c1-5-3-6(2)7(8)4-5/h3-4H,2,8H2,1H3. The summed E-state index contributed by atoms with van der Waals surface area (Å²) in [6, 6.07) is 0. The molecule has 0 amide bonds. The van der Waals surface area contributed by atoms with Crippen LogP contribution >= 0.6 is 0 Å². The van der Waals surface area contributed by atoms with E-state index in [1.54, 1.807) is 0 Å². The molecule has 0 radical (unpaired) electrons. The molecular weight excluding hydrogens is 98.1 g/mol. The van der Waals surface area contributed by atoms with Gasteiger partial charge in [-0.2, -0.15) is 0 Å². The first-order chi connectivity index (χ1) is 3.70. The third-order valence-corrected chi connectivity index (χ3v) is 1.16. The summed E-state index contributed by atoms with van der Waals surface area (Å²) in [5, 5.41) is 0. The number of allylic oxidation sites excluding steroid dienone is 3. The monoisotopic (exact) mass is 107 g/mol. The van der Waals surface area contributed by atoms with Crippen LogP contribution in [0.5, 0.6) is 0 Å². The fourth-order valence-electron chi connectivity index (χ4n) is 0.738. The summed E-state index contributed by atoms with van der Waals surface area (Å²) >= 11 is 0. The summed E-state index contributed by atoms with van der Waals surface area (Å²) in [6.07, 6.45) is 3.89. The van der Waals surface area contributed by atoms with E-state index in [1.165, 1.54) is 5.57 Å². The second-order valence-electron chi connectivity index (χ2n) is 2.01. The minimum absolute atomic E-state index is 0.794. The van der Waals surface area contributed by atoms with E-state index in [2.05, 4.69) is 6.58 Å². The Kier molecular flexibility index (Phi) is 0.975. The van der Waals surface area contributed by atoms with E-state index in [9.17, 15) is 0 Å². The average molecular weight is 107 g/mol. The molecule has 1 rings (SSSR count). The largest absolute Gasteiger partial charge is 0.398 e. The van der Waals surface area contributed by atoms with Gasteiger partial charge in [0.25, 0.3) is 0 Å². The average Bonchev–Trinajstić information content (AvgIpc) is 1.85. The Morgan fingerprint density at radius 3 is 2.25 bits per heavy atom. The normalized spacial score (nSPS) is 18.4. The Morgan fingerprint density at radius 1 is 1.50 bits per heavy atom. The van der Waals surface area contributed by atoms with Crippen LogP contribution in [0, 0.1) is 0 Å². The van der Waals surface area contributed by atoms with Crippen LogP contribution in [0.3, 0.4) is 0 Å². The van der Waals surface area contributed by atoms with Crippen LogP contribution in [0.4, 0.5) is 0 Å². The Labute approximate surface area is 49.2 Å². The van der Waals surface area contributed by atoms with Crippen molar-refractivity contribution in [3.8, 4) is 0 Å². The molecule has 0 spiro atoms. The quantitative estimate of drug-likeness (QED) is 0.496. The lowest BCUT2D eigenvalue weighted by atomic mass is 10.3. The van der Waals surface area contributed by atoms with Gasteiger partial charge in [0.2, 0.25) is 0 Å². The Balaban J connectivity index is 2.95. The lowest BCUT2D eigenvalue weighted by molar-refractivity contribution is 1.39. The van der Waals surface area contributed by atoms with E-state index in [0.29, 0.717) is 0 Å². The molecule has 0 atom stereocenters. The van der Waals surface area contributed by atoms with E-state index in [4.69, 9.17) is 5.73 Å². The van der Waals surface area contributed by atoms with Crippen LogP contribution in [0.25, 0.3) is 0 Å². The molecule has 0 aliphatic heterocycles. The third kappa shape index (κ3) is 0.668. The molecule has 0 saturated carbocycles. The van der Waals surface area contributed by atoms with Gasteiger partial charge in [-0.05, 0) is 24.1 Å². The first-order valence-electron chi connectivity index (χ1n) is 2.55. The molecule has 0 aromatic carbocycles. The van der Waals surface area contributed by atoms with Crippen molar-refractivity contribution in [1.29, 1.82) is 0 Å². The van der Waals surface area contributed by atoms with Crippen LogP contribution in [0.15, 0.2) is 35.6 Å². The summed E-state index contributed by atoms with van der Waals surface area (Å²) in [5.74, 6) is 0. The van der Waals surface area contributed by atoms with E-state index in [-0.39, 0.29) is 0 Å². The van der Waals surface area contributed by atoms with Crippen molar-refractivity contribution in [1.82, 2.24) is 0 Å². The molecule has 0 fully saturated rings. The molecule has 1 heteroatoms. The van der Waals surface area contributed by atoms with Gasteiger partial charge in [0, 0.05) is 5.70 Å². The van der Waals surface area contributed by atoms with Crippen molar-refractivity contribution < 1.29 is 0 Å². The van der Waals surface area contributed by atoms with Gasteiger partial charge in [0.15, 0.2) is 0 Å². The van der Waals surface area contributed by atoms with E-state index in [0.717, 1.165) is 11.3 Å². The maximum Gasteiger partial charge on any atom is 0.0384 e. The fourth-order valence-corrected chi connectivity index (χ4v) is 0.738. The summed E-state index contributed by atoms with van der Waals surface area (Å²) < 4.78 is 0. The van der Waals surface area contributed by atoms with Gasteiger partial charge in [-0.25, -0.2) is 0 Å². The third-order valence-electron chi connectivity index (χ3n) is 1.16. The van der Waals surface area contributed by atoms with E-state index >= 15 is 0 Å². The minimum atomic E-state index is 0.794. The van der Waals surface area contributed by atoms with Crippen molar-refractivity contribution >= 4 is 0 Å². The molecule has 8 heavy (non-hydrogen) atoms. The molecule has 42 valence electrons. The topological polar surface area (TPSA) is 26.0 Å². The van der Waals surface area contributed by atoms with Crippen LogP contribution in [0.1, 0.15) is 6.92 Å². The van der Waals surface area contributed by atoms with E-state index < -0.39 is 0 Å². The van der Waals surface area contributed by atoms with Crippen molar-refractivity contribution in [2.75, 3.05) is 0 Å². The summed E-state index contributed by atoms with van der Waals surface area (Å²) in [4.78, 5) is 0. The van der Waals surface area contributed by atoms with Gasteiger partial charge in [-0.15, -0.1) is 0 Å². The zero-order valence-corrected chi connectivity index (χ0v) is 4.94. The Morgan fingerprint density at radius 2 is 2.12 bits per heavy atom. The second kappa shape index (κ2) is 1.51. The predicted molar refractivity (Wildman–Crippen MR) is 35.2 cm³/mol. The molecule has 1 nitrogen and oxygen atoms in total. The SMILES string of the molecule is C=C1C=C(C)C=C1N. The Bertz CT molecular complexity index is 182. The van der Waals surface area contributed by atoms with E-state index in [1.807, 2.05) is 19.1 Å². The number of hydrogen-bond donors (Lipinski definition) is 1. The molecule has 2 N–H and O–H groups in total. The molecular formula is C7H9N. The summed E-state index contributed by atoms with van der Waals surface area (Å²) in [5.41, 5.74) is 8.39. The summed E-state index contributed by atoms with van der Waals surface area (Å²) in [6.45, 7) is 5.72. The molecule has 0 aromatic rings. The highest BCUT2D eigenvalue weighted by molar-refractivity contribution is 5.48. The molecule has 0 saturated heterocycles. The highest BCUT2D eigenvalue weighted by atomic mass is 14.6. The maximum atomic E-state index is 5.48. The molecule has 1 aliphatic carbocycles. The van der Waals surface area contributed by atoms with Crippen molar-refractivity contribution in [2.24, 2.45) is 5.73 Å². The molecule has 0 aromatic heterocycles. The molecule has 0 unspecified atom stereocenters. The molecule has 0 bridgehead atoms. The van der Waals surface area contributed by atoms with Crippen LogP contribution in [-0.4, -0.2) is 0 Å². The molecule has 0 heterocycles. The van der Waals surface area contributed by atoms with Crippen LogP contribution in [0.2, 0.25) is 0 Å². The lowest BCUT2D eigenvalue weighted by Crippen LogP contribution is -1.93. The van der Waals surface area contributed by atoms with Gasteiger partial charge in [-0.1, -0.05) is 12.7 Å². The first kappa shape index (κ1) is 5.16. The van der Waals surface area contributed by atoms with Crippen molar-refractivity contribution in [3.63, 3.8) is 0 Å². The zero-order chi connectivity index (χ0) is 6.15. The summed E-state index contributed by atoms with van der Waals surface area (Å²) in [7, 11) is 0. The number of hydrogen-bond acceptors (Lipinski definition) is 1. The Hall–Kier alpha value is -0.980. The maximum absolute atomic E-state index is 5.48. The zero-order valence-electron chi connectivity index (χ0n) is 4.94. The second-order valence-corrected chi connectivity index (χ2v) is 2.01. The highest BCUT2D eigenvalue weighted by Gasteiger charge is 2.00. The van der Waals surface area contributed by atoms with Gasteiger partial charge < -0.3 is 5.73 Å². The minimum Gasteiger partial charge on any atom is -0.398 e. The van der Waals surface area contributed by atoms with Gasteiger partial charge >= 0.3 is 0 Å².